The fourth-order valence-corrected chi connectivity index (χ4v) is 1.86. The van der Waals surface area contributed by atoms with Crippen molar-refractivity contribution < 1.29 is 4.57 Å². The number of nitrogens with zero attached hydrogens (tertiary/aromatic N) is 3. The Morgan fingerprint density at radius 3 is 2.75 bits per heavy atom. The Labute approximate surface area is 93.6 Å². The SMILES string of the molecule is C[n+]1[c-]n(-c2ccccn2)c2ccccc21. The van der Waals surface area contributed by atoms with Crippen LogP contribution in [0.3, 0.4) is 0 Å². The van der Waals surface area contributed by atoms with Crippen molar-refractivity contribution in [2.75, 3.05) is 0 Å². The summed E-state index contributed by atoms with van der Waals surface area (Å²) >= 11 is 0. The zero-order valence-electron chi connectivity index (χ0n) is 8.96. The van der Waals surface area contributed by atoms with Gasteiger partial charge in [0.2, 0.25) is 6.33 Å². The maximum atomic E-state index is 4.33. The molecule has 2 aromatic heterocycles. The molecule has 3 rings (SSSR count). The number of fused-ring (bicyclic) bond motifs is 1. The smallest absolute Gasteiger partial charge is 0.245 e. The first kappa shape index (κ1) is 9.09. The van der Waals surface area contributed by atoms with Crippen LogP contribution in [0.25, 0.3) is 16.9 Å². The molecule has 3 nitrogen and oxygen atoms in total. The van der Waals surface area contributed by atoms with Crippen LogP contribution >= 0.6 is 0 Å². The van der Waals surface area contributed by atoms with Crippen LogP contribution in [0.2, 0.25) is 0 Å². The summed E-state index contributed by atoms with van der Waals surface area (Å²) in [5.74, 6) is 0.888. The normalized spacial score (nSPS) is 10.8. The highest BCUT2D eigenvalue weighted by atomic mass is 15.2. The number of pyridine rings is 1. The molecule has 0 aliphatic rings. The molecule has 0 amide bonds. The van der Waals surface area contributed by atoms with Gasteiger partial charge < -0.3 is 9.13 Å². The van der Waals surface area contributed by atoms with Gasteiger partial charge in [-0.05, 0) is 12.1 Å². The van der Waals surface area contributed by atoms with Gasteiger partial charge in [0, 0.05) is 6.20 Å². The summed E-state index contributed by atoms with van der Waals surface area (Å²) in [5, 5.41) is 0. The predicted octanol–water partition coefficient (Wildman–Crippen LogP) is 1.65. The highest BCUT2D eigenvalue weighted by molar-refractivity contribution is 5.73. The Morgan fingerprint density at radius 2 is 1.94 bits per heavy atom. The van der Waals surface area contributed by atoms with Crippen molar-refractivity contribution in [2.45, 2.75) is 0 Å². The van der Waals surface area contributed by atoms with E-state index in [4.69, 9.17) is 0 Å². The number of para-hydroxylation sites is 2. The maximum Gasteiger partial charge on any atom is 0.245 e. The summed E-state index contributed by atoms with van der Waals surface area (Å²) in [6, 6.07) is 14.1. The van der Waals surface area contributed by atoms with Crippen molar-refractivity contribution in [3.05, 3.63) is 55.0 Å². The number of benzene rings is 1. The first-order valence-electron chi connectivity index (χ1n) is 5.16. The topological polar surface area (TPSA) is 21.7 Å². The summed E-state index contributed by atoms with van der Waals surface area (Å²) in [4.78, 5) is 4.33. The van der Waals surface area contributed by atoms with E-state index in [9.17, 15) is 0 Å². The van der Waals surface area contributed by atoms with Crippen molar-refractivity contribution >= 4 is 11.0 Å². The Kier molecular flexibility index (Phi) is 1.96. The molecule has 0 bridgehead atoms. The van der Waals surface area contributed by atoms with Crippen molar-refractivity contribution in [3.63, 3.8) is 0 Å². The molecule has 2 heterocycles. The van der Waals surface area contributed by atoms with E-state index in [1.165, 1.54) is 0 Å². The van der Waals surface area contributed by atoms with E-state index in [2.05, 4.69) is 23.4 Å². The van der Waals surface area contributed by atoms with E-state index in [-0.39, 0.29) is 0 Å². The van der Waals surface area contributed by atoms with Gasteiger partial charge in [0.05, 0.1) is 18.1 Å². The Hall–Kier alpha value is -2.16. The van der Waals surface area contributed by atoms with Gasteiger partial charge in [-0.15, -0.1) is 0 Å². The third kappa shape index (κ3) is 1.29. The average Bonchev–Trinajstić information content (AvgIpc) is 2.69. The highest BCUT2D eigenvalue weighted by Crippen LogP contribution is 2.13. The summed E-state index contributed by atoms with van der Waals surface area (Å²) in [6.07, 6.45) is 5.03. The summed E-state index contributed by atoms with van der Waals surface area (Å²) in [6.45, 7) is 0. The summed E-state index contributed by atoms with van der Waals surface area (Å²) < 4.78 is 3.94. The molecular weight excluding hydrogens is 198 g/mol. The number of imidazole rings is 1. The number of aryl methyl sites for hydroxylation is 1. The van der Waals surface area contributed by atoms with Crippen LogP contribution in [0, 0.1) is 6.33 Å². The molecule has 3 heteroatoms. The third-order valence-electron chi connectivity index (χ3n) is 2.61. The second-order valence-electron chi connectivity index (χ2n) is 3.67. The molecule has 78 valence electrons. The molecule has 3 aromatic rings. The molecule has 0 radical (unpaired) electrons. The molecule has 0 aliphatic heterocycles. The minimum atomic E-state index is 0.888. The molecular formula is C13H11N3. The van der Waals surface area contributed by atoms with Crippen LogP contribution in [-0.2, 0) is 7.05 Å². The Morgan fingerprint density at radius 1 is 1.12 bits per heavy atom. The van der Waals surface area contributed by atoms with Crippen LogP contribution in [-0.4, -0.2) is 9.55 Å². The molecule has 0 unspecified atom stereocenters. The maximum absolute atomic E-state index is 4.33. The van der Waals surface area contributed by atoms with Gasteiger partial charge in [-0.1, -0.05) is 30.3 Å². The molecule has 16 heavy (non-hydrogen) atoms. The molecule has 0 saturated carbocycles. The largest absolute Gasteiger partial charge is 0.316 e. The van der Waals surface area contributed by atoms with Gasteiger partial charge in [-0.2, -0.15) is 0 Å². The van der Waals surface area contributed by atoms with E-state index < -0.39 is 0 Å². The quantitative estimate of drug-likeness (QED) is 0.441. The van der Waals surface area contributed by atoms with Gasteiger partial charge >= 0.3 is 0 Å². The van der Waals surface area contributed by atoms with Crippen LogP contribution in [0.15, 0.2) is 48.7 Å². The van der Waals surface area contributed by atoms with Crippen LogP contribution in [0.5, 0.6) is 0 Å². The lowest BCUT2D eigenvalue weighted by Gasteiger charge is -2.02. The first-order chi connectivity index (χ1) is 7.86. The monoisotopic (exact) mass is 209 g/mol. The number of aromatic nitrogens is 3. The van der Waals surface area contributed by atoms with E-state index in [0.717, 1.165) is 16.9 Å². The van der Waals surface area contributed by atoms with Gasteiger partial charge in [0.1, 0.15) is 5.82 Å². The number of rotatable bonds is 1. The van der Waals surface area contributed by atoms with Gasteiger partial charge in [-0.3, -0.25) is 4.98 Å². The highest BCUT2D eigenvalue weighted by Gasteiger charge is 2.05. The molecule has 0 atom stereocenters. The fraction of sp³-hybridized carbons (Fsp3) is 0.0769. The van der Waals surface area contributed by atoms with E-state index in [1.807, 2.05) is 46.5 Å². The second-order valence-corrected chi connectivity index (χ2v) is 3.67. The third-order valence-corrected chi connectivity index (χ3v) is 2.61. The van der Waals surface area contributed by atoms with Crippen molar-refractivity contribution in [3.8, 4) is 5.82 Å². The molecule has 0 fully saturated rings. The zero-order chi connectivity index (χ0) is 11.0. The first-order valence-corrected chi connectivity index (χ1v) is 5.16. The zero-order valence-corrected chi connectivity index (χ0v) is 8.96. The Balaban J connectivity index is 2.33. The number of hydrogen-bond donors (Lipinski definition) is 0. The molecule has 0 spiro atoms. The van der Waals surface area contributed by atoms with Gasteiger partial charge in [0.15, 0.2) is 0 Å². The minimum Gasteiger partial charge on any atom is -0.316 e. The van der Waals surface area contributed by atoms with Crippen molar-refractivity contribution in [1.82, 2.24) is 9.55 Å². The second kappa shape index (κ2) is 3.45. The minimum absolute atomic E-state index is 0.888. The van der Waals surface area contributed by atoms with Crippen molar-refractivity contribution in [1.29, 1.82) is 0 Å². The standard InChI is InChI=1S/C13H11N3/c1-15-10-16(13-8-4-5-9-14-13)12-7-3-2-6-11(12)15/h2-9H,1H3. The van der Waals surface area contributed by atoms with E-state index in [1.54, 1.807) is 6.20 Å². The van der Waals surface area contributed by atoms with Crippen LogP contribution in [0.1, 0.15) is 0 Å². The van der Waals surface area contributed by atoms with Crippen molar-refractivity contribution in [2.24, 2.45) is 7.05 Å². The Bertz CT molecular complexity index is 626. The lowest BCUT2D eigenvalue weighted by molar-refractivity contribution is -0.649. The average molecular weight is 209 g/mol. The van der Waals surface area contributed by atoms with E-state index >= 15 is 0 Å². The molecule has 0 aliphatic carbocycles. The molecule has 0 N–H and O–H groups in total. The van der Waals surface area contributed by atoms with Gasteiger partial charge in [-0.25, -0.2) is 0 Å². The lowest BCUT2D eigenvalue weighted by atomic mass is 10.3. The lowest BCUT2D eigenvalue weighted by Crippen LogP contribution is -2.26. The molecule has 1 aromatic carbocycles. The summed E-state index contributed by atoms with van der Waals surface area (Å²) in [7, 11) is 1.99. The number of hydrogen-bond acceptors (Lipinski definition) is 1. The molecule has 0 saturated heterocycles. The predicted molar refractivity (Wildman–Crippen MR) is 61.1 cm³/mol. The fourth-order valence-electron chi connectivity index (χ4n) is 1.86. The van der Waals surface area contributed by atoms with Crippen LogP contribution in [0.4, 0.5) is 0 Å². The van der Waals surface area contributed by atoms with E-state index in [0.29, 0.717) is 0 Å². The summed E-state index contributed by atoms with van der Waals surface area (Å²) in [5.41, 5.74) is 2.26. The van der Waals surface area contributed by atoms with Gasteiger partial charge in [0.25, 0.3) is 0 Å². The van der Waals surface area contributed by atoms with Crippen LogP contribution < -0.4 is 4.57 Å².